The largest absolute Gasteiger partial charge is 0.370 e. The first-order valence-corrected chi connectivity index (χ1v) is 7.22. The van der Waals surface area contributed by atoms with Crippen molar-refractivity contribution in [1.82, 2.24) is 0 Å². The van der Waals surface area contributed by atoms with E-state index in [0.29, 0.717) is 17.1 Å². The molecule has 0 aliphatic heterocycles. The number of hydrogen-bond donors (Lipinski definition) is 0. The summed E-state index contributed by atoms with van der Waals surface area (Å²) in [6.07, 6.45) is 0. The Hall–Kier alpha value is -1.78. The lowest BCUT2D eigenvalue weighted by Gasteiger charge is -2.20. The molecule has 0 atom stereocenters. The number of nitrogens with zero attached hydrogens (tertiary/aromatic N) is 2. The number of nitro groups is 1. The van der Waals surface area contributed by atoms with Gasteiger partial charge in [-0.05, 0) is 23.8 Å². The lowest BCUT2D eigenvalue weighted by atomic mass is 10.1. The van der Waals surface area contributed by atoms with Gasteiger partial charge in [-0.3, -0.25) is 10.1 Å². The summed E-state index contributed by atoms with van der Waals surface area (Å²) < 4.78 is 0. The molecular weight excluding hydrogens is 311 g/mol. The Morgan fingerprint density at radius 2 is 1.90 bits per heavy atom. The molecule has 6 heteroatoms. The summed E-state index contributed by atoms with van der Waals surface area (Å²) in [4.78, 5) is 12.5. The van der Waals surface area contributed by atoms with Gasteiger partial charge in [-0.25, -0.2) is 0 Å². The maximum atomic E-state index is 10.9. The second-order valence-electron chi connectivity index (χ2n) is 4.65. The predicted octanol–water partition coefficient (Wildman–Crippen LogP) is 4.62. The van der Waals surface area contributed by atoms with Crippen molar-refractivity contribution in [2.45, 2.75) is 12.4 Å². The molecule has 0 spiro atoms. The fourth-order valence-electron chi connectivity index (χ4n) is 2.07. The Labute approximate surface area is 133 Å². The second-order valence-corrected chi connectivity index (χ2v) is 5.33. The maximum Gasteiger partial charge on any atom is 0.273 e. The van der Waals surface area contributed by atoms with Crippen molar-refractivity contribution < 1.29 is 4.92 Å². The second kappa shape index (κ2) is 6.78. The number of hydrogen-bond acceptors (Lipinski definition) is 3. The van der Waals surface area contributed by atoms with Crippen LogP contribution in [0.2, 0.25) is 5.02 Å². The van der Waals surface area contributed by atoms with Crippen molar-refractivity contribution in [3.8, 4) is 0 Å². The van der Waals surface area contributed by atoms with Gasteiger partial charge in [0, 0.05) is 35.9 Å². The van der Waals surface area contributed by atoms with Crippen LogP contribution in [-0.2, 0) is 12.4 Å². The molecule has 21 heavy (non-hydrogen) atoms. The van der Waals surface area contributed by atoms with Crippen LogP contribution < -0.4 is 4.90 Å². The van der Waals surface area contributed by atoms with Gasteiger partial charge in [0.25, 0.3) is 5.69 Å². The molecule has 0 saturated carbocycles. The van der Waals surface area contributed by atoms with Crippen LogP contribution >= 0.6 is 23.2 Å². The first kappa shape index (κ1) is 15.6. The summed E-state index contributed by atoms with van der Waals surface area (Å²) in [6, 6.07) is 12.5. The van der Waals surface area contributed by atoms with Crippen molar-refractivity contribution in [1.29, 1.82) is 0 Å². The van der Waals surface area contributed by atoms with Gasteiger partial charge in [0.15, 0.2) is 0 Å². The summed E-state index contributed by atoms with van der Waals surface area (Å²) in [7, 11) is 1.91. The van der Waals surface area contributed by atoms with E-state index in [0.717, 1.165) is 11.3 Å². The molecule has 0 unspecified atom stereocenters. The molecule has 0 heterocycles. The van der Waals surface area contributed by atoms with Crippen molar-refractivity contribution in [3.05, 3.63) is 68.7 Å². The molecule has 0 aliphatic rings. The van der Waals surface area contributed by atoms with Crippen molar-refractivity contribution in [2.24, 2.45) is 0 Å². The Morgan fingerprint density at radius 1 is 1.19 bits per heavy atom. The maximum absolute atomic E-state index is 10.9. The van der Waals surface area contributed by atoms with E-state index in [9.17, 15) is 10.1 Å². The molecular formula is C15H14Cl2N2O2. The molecule has 0 bridgehead atoms. The fraction of sp³-hybridized carbons (Fsp3) is 0.200. The Morgan fingerprint density at radius 3 is 2.52 bits per heavy atom. The molecule has 0 saturated heterocycles. The number of benzene rings is 2. The van der Waals surface area contributed by atoms with E-state index in [-0.39, 0.29) is 11.6 Å². The van der Waals surface area contributed by atoms with E-state index in [1.165, 1.54) is 6.07 Å². The normalized spacial score (nSPS) is 10.4. The highest BCUT2D eigenvalue weighted by Gasteiger charge is 2.15. The topological polar surface area (TPSA) is 46.4 Å². The molecule has 0 radical (unpaired) electrons. The highest BCUT2D eigenvalue weighted by atomic mass is 35.5. The monoisotopic (exact) mass is 324 g/mol. The van der Waals surface area contributed by atoms with Crippen LogP contribution in [0.3, 0.4) is 0 Å². The average molecular weight is 325 g/mol. The quantitative estimate of drug-likeness (QED) is 0.458. The van der Waals surface area contributed by atoms with E-state index in [1.807, 2.05) is 36.2 Å². The van der Waals surface area contributed by atoms with Crippen LogP contribution in [0, 0.1) is 10.1 Å². The zero-order valence-corrected chi connectivity index (χ0v) is 12.9. The summed E-state index contributed by atoms with van der Waals surface area (Å²) in [5.74, 6) is 0.101. The Balaban J connectivity index is 2.25. The molecule has 0 aromatic heterocycles. The molecule has 110 valence electrons. The zero-order valence-electron chi connectivity index (χ0n) is 11.4. The van der Waals surface area contributed by atoms with Gasteiger partial charge in [-0.1, -0.05) is 29.8 Å². The van der Waals surface area contributed by atoms with Gasteiger partial charge in [0.1, 0.15) is 0 Å². The first-order chi connectivity index (χ1) is 10.0. The van der Waals surface area contributed by atoms with Gasteiger partial charge in [-0.2, -0.15) is 0 Å². The van der Waals surface area contributed by atoms with Crippen molar-refractivity contribution >= 4 is 34.6 Å². The summed E-state index contributed by atoms with van der Waals surface area (Å²) in [6.45, 7) is 0.610. The summed E-state index contributed by atoms with van der Waals surface area (Å²) in [5.41, 5.74) is 2.40. The molecule has 2 aromatic carbocycles. The third-order valence-electron chi connectivity index (χ3n) is 3.21. The van der Waals surface area contributed by atoms with E-state index in [4.69, 9.17) is 23.2 Å². The molecule has 4 nitrogen and oxygen atoms in total. The minimum absolute atomic E-state index is 0.0416. The van der Waals surface area contributed by atoms with E-state index >= 15 is 0 Å². The van der Waals surface area contributed by atoms with Gasteiger partial charge in [-0.15, -0.1) is 11.6 Å². The van der Waals surface area contributed by atoms with E-state index in [2.05, 4.69) is 0 Å². The average Bonchev–Trinajstić information content (AvgIpc) is 2.48. The third kappa shape index (κ3) is 3.65. The van der Waals surface area contributed by atoms with Crippen LogP contribution in [0.5, 0.6) is 0 Å². The van der Waals surface area contributed by atoms with Gasteiger partial charge in [0.2, 0.25) is 0 Å². The zero-order chi connectivity index (χ0) is 15.4. The van der Waals surface area contributed by atoms with Crippen LogP contribution in [0.4, 0.5) is 11.4 Å². The number of anilines is 1. The van der Waals surface area contributed by atoms with Crippen LogP contribution in [-0.4, -0.2) is 12.0 Å². The standard InChI is InChI=1S/C15H14Cl2N2O2/c1-18(10-11-4-2-3-5-14(11)17)13-6-7-15(19(20)21)12(8-13)9-16/h2-8H,9-10H2,1H3. The minimum atomic E-state index is -0.421. The number of halogens is 2. The Kier molecular flexibility index (Phi) is 5.04. The Bertz CT molecular complexity index is 662. The number of nitro benzene ring substituents is 1. The molecule has 2 aromatic rings. The van der Waals surface area contributed by atoms with Gasteiger partial charge < -0.3 is 4.90 Å². The SMILES string of the molecule is CN(Cc1ccccc1Cl)c1ccc([N+](=O)[O-])c(CCl)c1. The molecule has 0 amide bonds. The lowest BCUT2D eigenvalue weighted by Crippen LogP contribution is -2.16. The highest BCUT2D eigenvalue weighted by molar-refractivity contribution is 6.31. The van der Waals surface area contributed by atoms with E-state index in [1.54, 1.807) is 12.1 Å². The van der Waals surface area contributed by atoms with Crippen LogP contribution in [0.15, 0.2) is 42.5 Å². The first-order valence-electron chi connectivity index (χ1n) is 6.30. The number of rotatable bonds is 5. The summed E-state index contributed by atoms with van der Waals surface area (Å²) >= 11 is 11.9. The smallest absolute Gasteiger partial charge is 0.273 e. The molecule has 0 aliphatic carbocycles. The third-order valence-corrected chi connectivity index (χ3v) is 3.87. The summed E-state index contributed by atoms with van der Waals surface area (Å²) in [5, 5.41) is 11.6. The van der Waals surface area contributed by atoms with E-state index < -0.39 is 4.92 Å². The van der Waals surface area contributed by atoms with Crippen LogP contribution in [0.1, 0.15) is 11.1 Å². The molecule has 2 rings (SSSR count). The lowest BCUT2D eigenvalue weighted by molar-refractivity contribution is -0.385. The number of alkyl halides is 1. The molecule has 0 N–H and O–H groups in total. The fourth-order valence-corrected chi connectivity index (χ4v) is 2.48. The van der Waals surface area contributed by atoms with Crippen molar-refractivity contribution in [2.75, 3.05) is 11.9 Å². The van der Waals surface area contributed by atoms with Gasteiger partial charge in [0.05, 0.1) is 10.8 Å². The van der Waals surface area contributed by atoms with Crippen molar-refractivity contribution in [3.63, 3.8) is 0 Å². The van der Waals surface area contributed by atoms with Crippen LogP contribution in [0.25, 0.3) is 0 Å². The highest BCUT2D eigenvalue weighted by Crippen LogP contribution is 2.27. The molecule has 0 fully saturated rings. The predicted molar refractivity (Wildman–Crippen MR) is 86.2 cm³/mol. The minimum Gasteiger partial charge on any atom is -0.370 e. The van der Waals surface area contributed by atoms with Gasteiger partial charge >= 0.3 is 0 Å².